The highest BCUT2D eigenvalue weighted by molar-refractivity contribution is 5.98. The van der Waals surface area contributed by atoms with Crippen LogP contribution in [-0.4, -0.2) is 32.1 Å². The number of ether oxygens (including phenoxy) is 3. The van der Waals surface area contributed by atoms with Crippen molar-refractivity contribution < 1.29 is 23.8 Å². The van der Waals surface area contributed by atoms with Crippen LogP contribution in [0.3, 0.4) is 0 Å². The molecule has 1 aromatic rings. The molecule has 0 heterocycles. The molecular formula is C15H20O5. The van der Waals surface area contributed by atoms with Gasteiger partial charge in [-0.2, -0.15) is 0 Å². The van der Waals surface area contributed by atoms with Gasteiger partial charge in [0.2, 0.25) is 0 Å². The lowest BCUT2D eigenvalue weighted by molar-refractivity contribution is -0.140. The van der Waals surface area contributed by atoms with Crippen LogP contribution in [-0.2, 0) is 9.53 Å². The zero-order valence-corrected chi connectivity index (χ0v) is 12.1. The Hall–Kier alpha value is -2.04. The minimum Gasteiger partial charge on any atom is -0.490 e. The van der Waals surface area contributed by atoms with Crippen LogP contribution in [0.5, 0.6) is 11.5 Å². The van der Waals surface area contributed by atoms with Crippen molar-refractivity contribution in [3.8, 4) is 11.5 Å². The summed E-state index contributed by atoms with van der Waals surface area (Å²) in [5.74, 6) is 0.630. The molecule has 0 aromatic heterocycles. The molecule has 0 saturated carbocycles. The Morgan fingerprint density at radius 2 is 1.65 bits per heavy atom. The van der Waals surface area contributed by atoms with Crippen molar-refractivity contribution in [2.75, 3.05) is 20.3 Å². The van der Waals surface area contributed by atoms with E-state index in [0.717, 1.165) is 0 Å². The average Bonchev–Trinajstić information content (AvgIpc) is 2.46. The zero-order chi connectivity index (χ0) is 15.0. The van der Waals surface area contributed by atoms with E-state index in [-0.39, 0.29) is 18.6 Å². The Morgan fingerprint density at radius 1 is 1.00 bits per heavy atom. The number of Topliss-reactive ketones (excluding diaryl/α,β-unsaturated/α-hetero) is 1. The first-order valence-corrected chi connectivity index (χ1v) is 6.62. The second kappa shape index (κ2) is 8.19. The molecule has 0 saturated heterocycles. The Bertz CT molecular complexity index is 467. The van der Waals surface area contributed by atoms with E-state index in [9.17, 15) is 9.59 Å². The average molecular weight is 280 g/mol. The van der Waals surface area contributed by atoms with Crippen molar-refractivity contribution >= 4 is 11.8 Å². The molecule has 0 unspecified atom stereocenters. The number of carbonyl (C=O) groups excluding carboxylic acids is 2. The van der Waals surface area contributed by atoms with Crippen LogP contribution in [0.15, 0.2) is 18.2 Å². The second-order valence-corrected chi connectivity index (χ2v) is 4.03. The molecular weight excluding hydrogens is 260 g/mol. The molecule has 0 atom stereocenters. The monoisotopic (exact) mass is 280 g/mol. The van der Waals surface area contributed by atoms with Gasteiger partial charge in [-0.3, -0.25) is 9.59 Å². The van der Waals surface area contributed by atoms with Crippen LogP contribution in [0.1, 0.15) is 37.0 Å². The van der Waals surface area contributed by atoms with Crippen LogP contribution >= 0.6 is 0 Å². The van der Waals surface area contributed by atoms with E-state index in [0.29, 0.717) is 30.3 Å². The number of benzene rings is 1. The maximum Gasteiger partial charge on any atom is 0.305 e. The fraction of sp³-hybridized carbons (Fsp3) is 0.467. The van der Waals surface area contributed by atoms with E-state index in [4.69, 9.17) is 9.47 Å². The van der Waals surface area contributed by atoms with E-state index in [1.54, 1.807) is 18.2 Å². The van der Waals surface area contributed by atoms with Gasteiger partial charge in [-0.25, -0.2) is 0 Å². The molecule has 0 N–H and O–H groups in total. The maximum absolute atomic E-state index is 12.0. The van der Waals surface area contributed by atoms with Gasteiger partial charge in [0.25, 0.3) is 0 Å². The fourth-order valence-corrected chi connectivity index (χ4v) is 1.69. The van der Waals surface area contributed by atoms with Crippen LogP contribution in [0.2, 0.25) is 0 Å². The highest BCUT2D eigenvalue weighted by atomic mass is 16.5. The minimum atomic E-state index is -0.394. The normalized spacial score (nSPS) is 9.95. The lowest BCUT2D eigenvalue weighted by Crippen LogP contribution is -2.07. The van der Waals surface area contributed by atoms with Gasteiger partial charge < -0.3 is 14.2 Å². The van der Waals surface area contributed by atoms with Gasteiger partial charge in [0.15, 0.2) is 17.3 Å². The van der Waals surface area contributed by atoms with Crippen LogP contribution in [0.4, 0.5) is 0 Å². The number of rotatable bonds is 8. The van der Waals surface area contributed by atoms with Gasteiger partial charge in [0.1, 0.15) is 0 Å². The first-order valence-electron chi connectivity index (χ1n) is 6.62. The SMILES string of the molecule is CCOc1ccc(C(=O)CCC(=O)OC)cc1OCC. The summed E-state index contributed by atoms with van der Waals surface area (Å²) in [6.45, 7) is 4.75. The summed E-state index contributed by atoms with van der Waals surface area (Å²) in [5, 5.41) is 0. The predicted octanol–water partition coefficient (Wildman–Crippen LogP) is 2.62. The van der Waals surface area contributed by atoms with Crippen molar-refractivity contribution in [3.63, 3.8) is 0 Å². The van der Waals surface area contributed by atoms with E-state index in [2.05, 4.69) is 4.74 Å². The molecule has 1 aromatic carbocycles. The van der Waals surface area contributed by atoms with Crippen molar-refractivity contribution in [3.05, 3.63) is 23.8 Å². The topological polar surface area (TPSA) is 61.8 Å². The standard InChI is InChI=1S/C15H20O5/c1-4-19-13-8-6-11(10-14(13)20-5-2)12(16)7-9-15(17)18-3/h6,8,10H,4-5,7,9H2,1-3H3. The molecule has 0 radical (unpaired) electrons. The minimum absolute atomic E-state index is 0.0759. The van der Waals surface area contributed by atoms with Gasteiger partial charge in [0.05, 0.1) is 26.7 Å². The Kier molecular flexibility index (Phi) is 6.56. The lowest BCUT2D eigenvalue weighted by Gasteiger charge is -2.12. The third-order valence-electron chi connectivity index (χ3n) is 2.65. The molecule has 0 amide bonds. The van der Waals surface area contributed by atoms with Crippen molar-refractivity contribution in [1.29, 1.82) is 0 Å². The van der Waals surface area contributed by atoms with Crippen molar-refractivity contribution in [1.82, 2.24) is 0 Å². The van der Waals surface area contributed by atoms with E-state index in [1.807, 2.05) is 13.8 Å². The summed E-state index contributed by atoms with van der Waals surface area (Å²) in [6.07, 6.45) is 0.193. The van der Waals surface area contributed by atoms with Crippen molar-refractivity contribution in [2.24, 2.45) is 0 Å². The smallest absolute Gasteiger partial charge is 0.305 e. The summed E-state index contributed by atoms with van der Waals surface area (Å²) in [4.78, 5) is 23.0. The Balaban J connectivity index is 2.82. The highest BCUT2D eigenvalue weighted by Gasteiger charge is 2.13. The maximum atomic E-state index is 12.0. The third-order valence-corrected chi connectivity index (χ3v) is 2.65. The predicted molar refractivity (Wildman–Crippen MR) is 74.4 cm³/mol. The highest BCUT2D eigenvalue weighted by Crippen LogP contribution is 2.29. The van der Waals surface area contributed by atoms with Gasteiger partial charge in [-0.15, -0.1) is 0 Å². The largest absolute Gasteiger partial charge is 0.490 e. The molecule has 0 aliphatic heterocycles. The van der Waals surface area contributed by atoms with Crippen molar-refractivity contribution in [2.45, 2.75) is 26.7 Å². The van der Waals surface area contributed by atoms with Crippen LogP contribution in [0, 0.1) is 0 Å². The van der Waals surface area contributed by atoms with Gasteiger partial charge >= 0.3 is 5.97 Å². The number of ketones is 1. The Labute approximate surface area is 118 Å². The summed E-state index contributed by atoms with van der Waals surface area (Å²) in [5.41, 5.74) is 0.501. The molecule has 0 aliphatic carbocycles. The summed E-state index contributed by atoms with van der Waals surface area (Å²) >= 11 is 0. The molecule has 110 valence electrons. The van der Waals surface area contributed by atoms with Gasteiger partial charge in [-0.1, -0.05) is 0 Å². The molecule has 0 aliphatic rings. The molecule has 1 rings (SSSR count). The summed E-state index contributed by atoms with van der Waals surface area (Å²) in [7, 11) is 1.30. The number of esters is 1. The first kappa shape index (κ1) is 16.0. The van der Waals surface area contributed by atoms with Gasteiger partial charge in [0, 0.05) is 12.0 Å². The summed E-state index contributed by atoms with van der Waals surface area (Å²) < 4.78 is 15.4. The number of carbonyl (C=O) groups is 2. The van der Waals surface area contributed by atoms with Gasteiger partial charge in [-0.05, 0) is 32.0 Å². The number of hydrogen-bond acceptors (Lipinski definition) is 5. The van der Waals surface area contributed by atoms with Crippen LogP contribution < -0.4 is 9.47 Å². The Morgan fingerprint density at radius 3 is 2.25 bits per heavy atom. The molecule has 0 bridgehead atoms. The molecule has 5 nitrogen and oxygen atoms in total. The van der Waals surface area contributed by atoms with E-state index < -0.39 is 5.97 Å². The molecule has 0 spiro atoms. The first-order chi connectivity index (χ1) is 9.62. The molecule has 0 fully saturated rings. The number of methoxy groups -OCH3 is 1. The lowest BCUT2D eigenvalue weighted by atomic mass is 10.1. The van der Waals surface area contributed by atoms with E-state index >= 15 is 0 Å². The van der Waals surface area contributed by atoms with E-state index in [1.165, 1.54) is 7.11 Å². The fourth-order valence-electron chi connectivity index (χ4n) is 1.69. The summed E-state index contributed by atoms with van der Waals surface area (Å²) in [6, 6.07) is 5.03. The number of hydrogen-bond donors (Lipinski definition) is 0. The zero-order valence-electron chi connectivity index (χ0n) is 12.1. The molecule has 5 heteroatoms. The third kappa shape index (κ3) is 4.57. The van der Waals surface area contributed by atoms with Crippen LogP contribution in [0.25, 0.3) is 0 Å². The molecule has 20 heavy (non-hydrogen) atoms. The quantitative estimate of drug-likeness (QED) is 0.541. The second-order valence-electron chi connectivity index (χ2n) is 4.03.